The van der Waals surface area contributed by atoms with E-state index in [0.717, 1.165) is 50.4 Å². The Balaban J connectivity index is 0.00000243. The van der Waals surface area contributed by atoms with Crippen LogP contribution < -0.4 is 10.6 Å². The van der Waals surface area contributed by atoms with E-state index in [-0.39, 0.29) is 29.5 Å². The quantitative estimate of drug-likeness (QED) is 0.376. The molecule has 0 aromatic carbocycles. The molecule has 2 heterocycles. The summed E-state index contributed by atoms with van der Waals surface area (Å²) in [7, 11) is 1.84. The molecule has 1 saturated carbocycles. The van der Waals surface area contributed by atoms with Crippen LogP contribution in [0.15, 0.2) is 11.2 Å². The van der Waals surface area contributed by atoms with Crippen molar-refractivity contribution in [3.8, 4) is 0 Å². The van der Waals surface area contributed by atoms with Crippen molar-refractivity contribution in [3.63, 3.8) is 0 Å². The fraction of sp³-hybridized carbons (Fsp3) is 0.778. The Hall–Kier alpha value is -0.450. The number of hydrogen-bond acceptors (Lipinski definition) is 5. The number of aliphatic imine (C=N–C) groups is 1. The summed E-state index contributed by atoms with van der Waals surface area (Å²) < 4.78 is 5.57. The number of ether oxygens (including phenoxy) is 1. The van der Waals surface area contributed by atoms with Crippen molar-refractivity contribution >= 4 is 41.3 Å². The van der Waals surface area contributed by atoms with E-state index in [9.17, 15) is 0 Å². The highest BCUT2D eigenvalue weighted by Crippen LogP contribution is 2.33. The molecule has 0 atom stereocenters. The lowest BCUT2D eigenvalue weighted by atomic mass is 9.80. The second-order valence-corrected chi connectivity index (χ2v) is 8.33. The van der Waals surface area contributed by atoms with Crippen LogP contribution in [0.5, 0.6) is 0 Å². The lowest BCUT2D eigenvalue weighted by Gasteiger charge is -2.48. The molecule has 6 nitrogen and oxygen atoms in total. The third-order valence-electron chi connectivity index (χ3n) is 5.37. The summed E-state index contributed by atoms with van der Waals surface area (Å²) in [4.78, 5) is 12.6. The third kappa shape index (κ3) is 5.77. The van der Waals surface area contributed by atoms with Gasteiger partial charge in [-0.1, -0.05) is 19.3 Å². The van der Waals surface area contributed by atoms with Gasteiger partial charge < -0.3 is 15.4 Å². The van der Waals surface area contributed by atoms with E-state index >= 15 is 0 Å². The largest absolute Gasteiger partial charge is 0.379 e. The zero-order valence-corrected chi connectivity index (χ0v) is 19.1. The molecule has 1 saturated heterocycles. The molecule has 8 heteroatoms. The molecular formula is C18H32IN5OS. The third-order valence-corrected chi connectivity index (χ3v) is 6.29. The number of thiazole rings is 1. The Bertz CT molecular complexity index is 568. The number of morpholine rings is 1. The van der Waals surface area contributed by atoms with Gasteiger partial charge in [-0.05, 0) is 19.8 Å². The zero-order valence-electron chi connectivity index (χ0n) is 15.9. The van der Waals surface area contributed by atoms with Crippen LogP contribution in [0.25, 0.3) is 0 Å². The molecule has 3 rings (SSSR count). The van der Waals surface area contributed by atoms with E-state index < -0.39 is 0 Å². The first-order chi connectivity index (χ1) is 12.2. The van der Waals surface area contributed by atoms with Crippen LogP contribution in [0.4, 0.5) is 0 Å². The predicted octanol–water partition coefficient (Wildman–Crippen LogP) is 2.77. The van der Waals surface area contributed by atoms with Crippen molar-refractivity contribution in [2.45, 2.75) is 51.1 Å². The van der Waals surface area contributed by atoms with Crippen LogP contribution in [0.2, 0.25) is 0 Å². The molecule has 26 heavy (non-hydrogen) atoms. The number of guanidine groups is 1. The van der Waals surface area contributed by atoms with Crippen LogP contribution in [-0.2, 0) is 11.3 Å². The molecule has 1 aromatic rings. The Morgan fingerprint density at radius 1 is 1.27 bits per heavy atom. The molecule has 0 spiro atoms. The molecule has 0 amide bonds. The van der Waals surface area contributed by atoms with E-state index in [4.69, 9.17) is 4.74 Å². The minimum Gasteiger partial charge on any atom is -0.379 e. The number of nitrogens with zero attached hydrogens (tertiary/aromatic N) is 3. The Morgan fingerprint density at radius 3 is 2.62 bits per heavy atom. The first-order valence-corrected chi connectivity index (χ1v) is 10.2. The van der Waals surface area contributed by atoms with Crippen molar-refractivity contribution in [2.75, 3.05) is 39.9 Å². The van der Waals surface area contributed by atoms with Crippen LogP contribution in [-0.4, -0.2) is 61.3 Å². The SMILES string of the molecule is CN=C(NCc1cnc(C)s1)NCC1(N2CCOCC2)CCCCC1.I. The monoisotopic (exact) mass is 493 g/mol. The fourth-order valence-corrected chi connectivity index (χ4v) is 4.71. The average molecular weight is 493 g/mol. The van der Waals surface area contributed by atoms with Crippen molar-refractivity contribution in [1.82, 2.24) is 20.5 Å². The molecule has 1 aliphatic heterocycles. The summed E-state index contributed by atoms with van der Waals surface area (Å²) in [5, 5.41) is 8.12. The van der Waals surface area contributed by atoms with Crippen LogP contribution >= 0.6 is 35.3 Å². The van der Waals surface area contributed by atoms with Gasteiger partial charge in [0, 0.05) is 43.3 Å². The average Bonchev–Trinajstić information content (AvgIpc) is 3.08. The first-order valence-electron chi connectivity index (χ1n) is 9.40. The minimum atomic E-state index is 0. The molecule has 148 valence electrons. The van der Waals surface area contributed by atoms with E-state index in [1.54, 1.807) is 11.3 Å². The van der Waals surface area contributed by atoms with Gasteiger partial charge in [0.1, 0.15) is 0 Å². The second kappa shape index (κ2) is 10.8. The molecule has 0 unspecified atom stereocenters. The highest BCUT2D eigenvalue weighted by atomic mass is 127. The summed E-state index contributed by atoms with van der Waals surface area (Å²) in [5.41, 5.74) is 0.251. The minimum absolute atomic E-state index is 0. The van der Waals surface area contributed by atoms with Crippen molar-refractivity contribution in [3.05, 3.63) is 16.1 Å². The van der Waals surface area contributed by atoms with E-state index in [1.165, 1.54) is 37.0 Å². The maximum Gasteiger partial charge on any atom is 0.191 e. The van der Waals surface area contributed by atoms with Gasteiger partial charge in [-0.3, -0.25) is 9.89 Å². The van der Waals surface area contributed by atoms with Crippen LogP contribution in [0.3, 0.4) is 0 Å². The Labute approximate surface area is 178 Å². The highest BCUT2D eigenvalue weighted by molar-refractivity contribution is 14.0. The number of rotatable bonds is 5. The Morgan fingerprint density at radius 2 is 2.00 bits per heavy atom. The standard InChI is InChI=1S/C18H31N5OS.HI/c1-15-20-12-16(25-15)13-21-17(19-2)22-14-18(6-4-3-5-7-18)23-8-10-24-11-9-23;/h12H,3-11,13-14H2,1-2H3,(H2,19,21,22);1H. The summed E-state index contributed by atoms with van der Waals surface area (Å²) >= 11 is 1.73. The molecule has 0 radical (unpaired) electrons. The highest BCUT2D eigenvalue weighted by Gasteiger charge is 2.38. The van der Waals surface area contributed by atoms with Crippen LogP contribution in [0, 0.1) is 6.92 Å². The summed E-state index contributed by atoms with van der Waals surface area (Å²) in [6.45, 7) is 7.58. The van der Waals surface area contributed by atoms with Crippen LogP contribution in [0.1, 0.15) is 42.0 Å². The zero-order chi connectivity index (χ0) is 17.5. The van der Waals surface area contributed by atoms with Gasteiger partial charge in [0.05, 0.1) is 24.8 Å². The summed E-state index contributed by atoms with van der Waals surface area (Å²) in [6, 6.07) is 0. The molecule has 1 aliphatic carbocycles. The number of hydrogen-bond donors (Lipinski definition) is 2. The maximum atomic E-state index is 5.57. The van der Waals surface area contributed by atoms with Crippen molar-refractivity contribution < 1.29 is 4.74 Å². The smallest absolute Gasteiger partial charge is 0.191 e. The number of nitrogens with one attached hydrogen (secondary N) is 2. The van der Waals surface area contributed by atoms with E-state index in [0.29, 0.717) is 0 Å². The lowest BCUT2D eigenvalue weighted by Crippen LogP contribution is -2.60. The molecule has 1 aromatic heterocycles. The topological polar surface area (TPSA) is 61.8 Å². The maximum absolute atomic E-state index is 5.57. The lowest BCUT2D eigenvalue weighted by molar-refractivity contribution is -0.0352. The molecule has 2 aliphatic rings. The van der Waals surface area contributed by atoms with Gasteiger partial charge in [-0.2, -0.15) is 0 Å². The number of aromatic nitrogens is 1. The van der Waals surface area contributed by atoms with E-state index in [1.807, 2.05) is 20.2 Å². The Kier molecular flexibility index (Phi) is 9.05. The fourth-order valence-electron chi connectivity index (χ4n) is 3.98. The van der Waals surface area contributed by atoms with Gasteiger partial charge in [0.15, 0.2) is 5.96 Å². The summed E-state index contributed by atoms with van der Waals surface area (Å²) in [5.74, 6) is 0.879. The van der Waals surface area contributed by atoms with E-state index in [2.05, 4.69) is 25.5 Å². The molecule has 0 bridgehead atoms. The van der Waals surface area contributed by atoms with Gasteiger partial charge >= 0.3 is 0 Å². The van der Waals surface area contributed by atoms with Crippen molar-refractivity contribution in [2.24, 2.45) is 4.99 Å². The number of halogens is 1. The molecular weight excluding hydrogens is 461 g/mol. The number of aryl methyl sites for hydroxylation is 1. The second-order valence-electron chi connectivity index (χ2n) is 7.01. The molecule has 2 fully saturated rings. The van der Waals surface area contributed by atoms with Crippen molar-refractivity contribution in [1.29, 1.82) is 0 Å². The first kappa shape index (κ1) is 21.8. The molecule has 2 N–H and O–H groups in total. The van der Waals surface area contributed by atoms with Gasteiger partial charge in [-0.15, -0.1) is 35.3 Å². The normalized spacial score (nSPS) is 21.1. The van der Waals surface area contributed by atoms with Gasteiger partial charge in [-0.25, -0.2) is 4.98 Å². The van der Waals surface area contributed by atoms with Gasteiger partial charge in [0.2, 0.25) is 0 Å². The summed E-state index contributed by atoms with van der Waals surface area (Å²) in [6.07, 6.45) is 8.49. The van der Waals surface area contributed by atoms with Gasteiger partial charge in [0.25, 0.3) is 0 Å². The predicted molar refractivity (Wildman–Crippen MR) is 119 cm³/mol.